The predicted octanol–water partition coefficient (Wildman–Crippen LogP) is 4.45. The maximum Gasteiger partial charge on any atom is 0.123 e. The van der Waals surface area contributed by atoms with Crippen molar-refractivity contribution in [3.63, 3.8) is 0 Å². The third kappa shape index (κ3) is 3.81. The zero-order chi connectivity index (χ0) is 13.0. The van der Waals surface area contributed by atoms with Gasteiger partial charge < -0.3 is 5.32 Å². The second-order valence-corrected chi connectivity index (χ2v) is 5.75. The van der Waals surface area contributed by atoms with Crippen LogP contribution in [0.25, 0.3) is 0 Å². The van der Waals surface area contributed by atoms with Crippen molar-refractivity contribution in [3.8, 4) is 0 Å². The minimum absolute atomic E-state index is 0.143. The highest BCUT2D eigenvalue weighted by atomic mass is 19.1. The molecule has 0 aromatic heterocycles. The van der Waals surface area contributed by atoms with Gasteiger partial charge in [0, 0.05) is 12.1 Å². The van der Waals surface area contributed by atoms with Crippen LogP contribution in [0.4, 0.5) is 4.39 Å². The van der Waals surface area contributed by atoms with Crippen LogP contribution in [0.2, 0.25) is 0 Å². The number of hydrogen-bond donors (Lipinski definition) is 1. The minimum Gasteiger partial charge on any atom is -0.307 e. The molecule has 0 saturated heterocycles. The molecule has 1 N–H and O–H groups in total. The summed E-state index contributed by atoms with van der Waals surface area (Å²) in [6.45, 7) is 4.47. The van der Waals surface area contributed by atoms with Crippen molar-refractivity contribution in [2.24, 2.45) is 5.92 Å². The van der Waals surface area contributed by atoms with Gasteiger partial charge in [-0.2, -0.15) is 0 Å². The molecule has 0 radical (unpaired) electrons. The van der Waals surface area contributed by atoms with Crippen molar-refractivity contribution in [3.05, 3.63) is 35.6 Å². The van der Waals surface area contributed by atoms with Crippen molar-refractivity contribution in [1.29, 1.82) is 0 Å². The summed E-state index contributed by atoms with van der Waals surface area (Å²) in [5, 5.41) is 3.66. The minimum atomic E-state index is -0.143. The first-order valence-corrected chi connectivity index (χ1v) is 7.16. The molecule has 0 spiro atoms. The van der Waals surface area contributed by atoms with Gasteiger partial charge in [0.2, 0.25) is 0 Å². The lowest BCUT2D eigenvalue weighted by Gasteiger charge is -2.22. The largest absolute Gasteiger partial charge is 0.307 e. The molecule has 18 heavy (non-hydrogen) atoms. The molecule has 100 valence electrons. The zero-order valence-corrected chi connectivity index (χ0v) is 11.5. The van der Waals surface area contributed by atoms with Crippen LogP contribution < -0.4 is 5.32 Å². The summed E-state index contributed by atoms with van der Waals surface area (Å²) in [6, 6.07) is 7.76. The van der Waals surface area contributed by atoms with Gasteiger partial charge in [0.25, 0.3) is 0 Å². The van der Waals surface area contributed by atoms with Gasteiger partial charge in [-0.3, -0.25) is 0 Å². The van der Waals surface area contributed by atoms with Gasteiger partial charge in [0.05, 0.1) is 0 Å². The van der Waals surface area contributed by atoms with Gasteiger partial charge >= 0.3 is 0 Å². The average molecular weight is 249 g/mol. The Morgan fingerprint density at radius 1 is 1.22 bits per heavy atom. The Morgan fingerprint density at radius 2 is 2.06 bits per heavy atom. The summed E-state index contributed by atoms with van der Waals surface area (Å²) in [6.07, 6.45) is 6.49. The third-order valence-corrected chi connectivity index (χ3v) is 4.09. The topological polar surface area (TPSA) is 12.0 Å². The summed E-state index contributed by atoms with van der Waals surface area (Å²) in [4.78, 5) is 0. The molecule has 0 bridgehead atoms. The molecule has 2 unspecified atom stereocenters. The van der Waals surface area contributed by atoms with Gasteiger partial charge in [0.15, 0.2) is 0 Å². The summed E-state index contributed by atoms with van der Waals surface area (Å²) in [7, 11) is 0. The van der Waals surface area contributed by atoms with E-state index in [-0.39, 0.29) is 11.9 Å². The predicted molar refractivity (Wildman–Crippen MR) is 74.0 cm³/mol. The Labute approximate surface area is 110 Å². The lowest BCUT2D eigenvalue weighted by molar-refractivity contribution is 0.407. The van der Waals surface area contributed by atoms with Crippen LogP contribution in [0, 0.1) is 11.7 Å². The number of rotatable bonds is 3. The van der Waals surface area contributed by atoms with Crippen molar-refractivity contribution in [2.75, 3.05) is 0 Å². The van der Waals surface area contributed by atoms with E-state index in [0.29, 0.717) is 6.04 Å². The fourth-order valence-corrected chi connectivity index (χ4v) is 2.88. The van der Waals surface area contributed by atoms with E-state index in [2.05, 4.69) is 19.2 Å². The van der Waals surface area contributed by atoms with Crippen LogP contribution in [0.15, 0.2) is 24.3 Å². The van der Waals surface area contributed by atoms with Crippen LogP contribution in [0.1, 0.15) is 57.6 Å². The molecule has 1 fully saturated rings. The standard InChI is InChI=1S/C16H24FN/c1-12-5-3-8-16(10-9-12)18-13(2)14-6-4-7-15(17)11-14/h4,6-7,11-13,16,18H,3,5,8-10H2,1-2H3/t12?,13-,16?/m0/s1. The van der Waals surface area contributed by atoms with Crippen molar-refractivity contribution in [2.45, 2.75) is 58.0 Å². The fraction of sp³-hybridized carbons (Fsp3) is 0.625. The van der Waals surface area contributed by atoms with Crippen molar-refractivity contribution in [1.82, 2.24) is 5.32 Å². The number of nitrogens with one attached hydrogen (secondary N) is 1. The quantitative estimate of drug-likeness (QED) is 0.781. The number of halogens is 1. The van der Waals surface area contributed by atoms with E-state index in [4.69, 9.17) is 0 Å². The Bertz CT molecular complexity index is 377. The lowest BCUT2D eigenvalue weighted by Crippen LogP contribution is -2.31. The SMILES string of the molecule is CC1CCCC(N[C@@H](C)c2cccc(F)c2)CC1. The summed E-state index contributed by atoms with van der Waals surface area (Å²) >= 11 is 0. The summed E-state index contributed by atoms with van der Waals surface area (Å²) in [5.41, 5.74) is 1.05. The molecule has 0 amide bonds. The second-order valence-electron chi connectivity index (χ2n) is 5.75. The van der Waals surface area contributed by atoms with Crippen LogP contribution in [-0.4, -0.2) is 6.04 Å². The molecular weight excluding hydrogens is 225 g/mol. The number of benzene rings is 1. The maximum absolute atomic E-state index is 13.2. The normalized spacial score (nSPS) is 26.6. The Hall–Kier alpha value is -0.890. The fourth-order valence-electron chi connectivity index (χ4n) is 2.88. The van der Waals surface area contributed by atoms with Crippen LogP contribution in [-0.2, 0) is 0 Å². The van der Waals surface area contributed by atoms with E-state index < -0.39 is 0 Å². The molecular formula is C16H24FN. The van der Waals surface area contributed by atoms with Gasteiger partial charge in [0.1, 0.15) is 5.82 Å². The Balaban J connectivity index is 1.92. The molecule has 0 heterocycles. The maximum atomic E-state index is 13.2. The monoisotopic (exact) mass is 249 g/mol. The van der Waals surface area contributed by atoms with Gasteiger partial charge in [-0.1, -0.05) is 31.9 Å². The van der Waals surface area contributed by atoms with E-state index in [0.717, 1.165) is 11.5 Å². The molecule has 1 saturated carbocycles. The first-order valence-electron chi connectivity index (χ1n) is 7.16. The average Bonchev–Trinajstić information content (AvgIpc) is 2.54. The summed E-state index contributed by atoms with van der Waals surface area (Å²) in [5.74, 6) is 0.719. The van der Waals surface area contributed by atoms with E-state index in [9.17, 15) is 4.39 Å². The summed E-state index contributed by atoms with van der Waals surface area (Å²) < 4.78 is 13.2. The molecule has 2 heteroatoms. The van der Waals surface area contributed by atoms with Crippen molar-refractivity contribution < 1.29 is 4.39 Å². The lowest BCUT2D eigenvalue weighted by atomic mass is 10.0. The molecule has 1 aliphatic rings. The van der Waals surface area contributed by atoms with Gasteiger partial charge in [-0.05, 0) is 49.8 Å². The molecule has 2 rings (SSSR count). The molecule has 1 aromatic rings. The highest BCUT2D eigenvalue weighted by Crippen LogP contribution is 2.24. The first-order chi connectivity index (χ1) is 8.65. The van der Waals surface area contributed by atoms with Crippen molar-refractivity contribution >= 4 is 0 Å². The second kappa shape index (κ2) is 6.33. The van der Waals surface area contributed by atoms with Crippen LogP contribution >= 0.6 is 0 Å². The first kappa shape index (κ1) is 13.5. The highest BCUT2D eigenvalue weighted by Gasteiger charge is 2.18. The van der Waals surface area contributed by atoms with E-state index in [1.807, 2.05) is 6.07 Å². The van der Waals surface area contributed by atoms with E-state index in [1.54, 1.807) is 12.1 Å². The van der Waals surface area contributed by atoms with Gasteiger partial charge in [-0.15, -0.1) is 0 Å². The van der Waals surface area contributed by atoms with Crippen LogP contribution in [0.3, 0.4) is 0 Å². The number of hydrogen-bond acceptors (Lipinski definition) is 1. The zero-order valence-electron chi connectivity index (χ0n) is 11.5. The van der Waals surface area contributed by atoms with E-state index >= 15 is 0 Å². The third-order valence-electron chi connectivity index (χ3n) is 4.09. The molecule has 3 atom stereocenters. The Kier molecular flexibility index (Phi) is 4.76. The molecule has 1 aliphatic carbocycles. The molecule has 1 aromatic carbocycles. The Morgan fingerprint density at radius 3 is 2.83 bits per heavy atom. The highest BCUT2D eigenvalue weighted by molar-refractivity contribution is 5.19. The van der Waals surface area contributed by atoms with Crippen LogP contribution in [0.5, 0.6) is 0 Å². The molecule has 0 aliphatic heterocycles. The van der Waals surface area contributed by atoms with E-state index in [1.165, 1.54) is 38.2 Å². The van der Waals surface area contributed by atoms with Gasteiger partial charge in [-0.25, -0.2) is 4.39 Å². The molecule has 1 nitrogen and oxygen atoms in total. The smallest absolute Gasteiger partial charge is 0.123 e.